The van der Waals surface area contributed by atoms with E-state index in [1.165, 1.54) is 25.3 Å². The quantitative estimate of drug-likeness (QED) is 0.651. The van der Waals surface area contributed by atoms with Crippen LogP contribution in [0.1, 0.15) is 18.2 Å². The number of hydrogen-bond acceptors (Lipinski definition) is 4. The molecule has 0 unspecified atom stereocenters. The van der Waals surface area contributed by atoms with Gasteiger partial charge in [0, 0.05) is 11.1 Å². The van der Waals surface area contributed by atoms with Crippen LogP contribution >= 0.6 is 11.6 Å². The van der Waals surface area contributed by atoms with Gasteiger partial charge in [0.05, 0.1) is 12.8 Å². The molecule has 0 spiro atoms. The van der Waals surface area contributed by atoms with Crippen LogP contribution in [0.5, 0.6) is 0 Å². The molecule has 0 saturated heterocycles. The Morgan fingerprint density at radius 3 is 2.78 bits per heavy atom. The Kier molecular flexibility index (Phi) is 6.00. The van der Waals surface area contributed by atoms with Crippen molar-refractivity contribution < 1.29 is 18.7 Å². The average molecular weight is 334 g/mol. The van der Waals surface area contributed by atoms with E-state index in [2.05, 4.69) is 5.32 Å². The number of furan rings is 1. The summed E-state index contributed by atoms with van der Waals surface area (Å²) in [5, 5.41) is 3.15. The lowest BCUT2D eigenvalue weighted by atomic mass is 10.2. The van der Waals surface area contributed by atoms with E-state index >= 15 is 0 Å². The lowest BCUT2D eigenvalue weighted by Gasteiger charge is -2.11. The number of halogens is 1. The molecule has 120 valence electrons. The maximum absolute atomic E-state index is 11.8. The average Bonchev–Trinajstić information content (AvgIpc) is 3.05. The van der Waals surface area contributed by atoms with Crippen LogP contribution in [0, 0.1) is 0 Å². The molecule has 1 N–H and O–H groups in total. The Morgan fingerprint density at radius 1 is 1.30 bits per heavy atom. The highest BCUT2D eigenvalue weighted by Crippen LogP contribution is 2.16. The monoisotopic (exact) mass is 333 g/mol. The number of benzene rings is 1. The summed E-state index contributed by atoms with van der Waals surface area (Å²) in [7, 11) is 0. The van der Waals surface area contributed by atoms with E-state index in [-0.39, 0.29) is 6.54 Å². The first-order chi connectivity index (χ1) is 11.1. The highest BCUT2D eigenvalue weighted by atomic mass is 35.5. The molecular weight excluding hydrogens is 318 g/mol. The molecule has 2 aromatic rings. The highest BCUT2D eigenvalue weighted by Gasteiger charge is 2.16. The standard InChI is InChI=1S/C17H16ClNO4/c1-12(17(21)19-11-14-6-4-10-22-14)23-16(20)9-8-13-5-2-3-7-15(13)18/h2-10,12H,11H2,1H3,(H,19,21)/b9-8+/t12-/m1/s1. The second-order valence-electron chi connectivity index (χ2n) is 4.73. The number of rotatable bonds is 6. The molecule has 23 heavy (non-hydrogen) atoms. The van der Waals surface area contributed by atoms with Crippen LogP contribution in [-0.4, -0.2) is 18.0 Å². The second-order valence-corrected chi connectivity index (χ2v) is 5.14. The normalized spacial score (nSPS) is 12.1. The minimum atomic E-state index is -0.909. The summed E-state index contributed by atoms with van der Waals surface area (Å²) in [6.07, 6.45) is 3.38. The Morgan fingerprint density at radius 2 is 2.09 bits per heavy atom. The highest BCUT2D eigenvalue weighted by molar-refractivity contribution is 6.32. The third-order valence-electron chi connectivity index (χ3n) is 2.98. The zero-order valence-electron chi connectivity index (χ0n) is 12.5. The Labute approximate surface area is 138 Å². The SMILES string of the molecule is C[C@@H](OC(=O)/C=C/c1ccccc1Cl)C(=O)NCc1ccco1. The van der Waals surface area contributed by atoms with E-state index < -0.39 is 18.0 Å². The summed E-state index contributed by atoms with van der Waals surface area (Å²) in [6.45, 7) is 1.74. The Bertz CT molecular complexity index is 694. The molecule has 6 heteroatoms. The van der Waals surface area contributed by atoms with Crippen molar-refractivity contribution in [1.29, 1.82) is 0 Å². The number of carbonyl (C=O) groups excluding carboxylic acids is 2. The van der Waals surface area contributed by atoms with Crippen LogP contribution in [0.4, 0.5) is 0 Å². The number of nitrogens with one attached hydrogen (secondary N) is 1. The van der Waals surface area contributed by atoms with Gasteiger partial charge >= 0.3 is 5.97 Å². The molecule has 1 aromatic carbocycles. The molecule has 0 radical (unpaired) electrons. The van der Waals surface area contributed by atoms with Gasteiger partial charge in [0.25, 0.3) is 5.91 Å². The van der Waals surface area contributed by atoms with Crippen molar-refractivity contribution in [2.45, 2.75) is 19.6 Å². The molecule has 5 nitrogen and oxygen atoms in total. The van der Waals surface area contributed by atoms with Gasteiger partial charge in [-0.2, -0.15) is 0 Å². The molecule has 0 aliphatic heterocycles. The van der Waals surface area contributed by atoms with Crippen molar-refractivity contribution in [3.63, 3.8) is 0 Å². The number of carbonyl (C=O) groups is 2. The van der Waals surface area contributed by atoms with Gasteiger partial charge in [-0.25, -0.2) is 4.79 Å². The molecule has 2 rings (SSSR count). The summed E-state index contributed by atoms with van der Waals surface area (Å²) < 4.78 is 10.1. The zero-order chi connectivity index (χ0) is 16.7. The maximum Gasteiger partial charge on any atom is 0.331 e. The van der Waals surface area contributed by atoms with Crippen molar-refractivity contribution in [3.05, 3.63) is 65.1 Å². The summed E-state index contributed by atoms with van der Waals surface area (Å²) in [5.41, 5.74) is 0.695. The van der Waals surface area contributed by atoms with Crippen LogP contribution in [0.3, 0.4) is 0 Å². The van der Waals surface area contributed by atoms with Crippen molar-refractivity contribution in [2.75, 3.05) is 0 Å². The maximum atomic E-state index is 11.8. The minimum absolute atomic E-state index is 0.239. The van der Waals surface area contributed by atoms with Crippen LogP contribution in [-0.2, 0) is 20.9 Å². The summed E-state index contributed by atoms with van der Waals surface area (Å²) in [4.78, 5) is 23.6. The third-order valence-corrected chi connectivity index (χ3v) is 3.33. The van der Waals surface area contributed by atoms with Gasteiger partial charge in [-0.1, -0.05) is 29.8 Å². The van der Waals surface area contributed by atoms with Crippen molar-refractivity contribution in [2.24, 2.45) is 0 Å². The summed E-state index contributed by atoms with van der Waals surface area (Å²) in [6, 6.07) is 10.6. The third kappa shape index (κ3) is 5.30. The predicted molar refractivity (Wildman–Crippen MR) is 86.6 cm³/mol. The number of amides is 1. The molecule has 1 aromatic heterocycles. The first kappa shape index (κ1) is 16.8. The first-order valence-corrected chi connectivity index (χ1v) is 7.37. The fourth-order valence-corrected chi connectivity index (χ4v) is 1.96. The molecule has 0 aliphatic rings. The summed E-state index contributed by atoms with van der Waals surface area (Å²) in [5.74, 6) is -0.401. The van der Waals surface area contributed by atoms with Gasteiger partial charge in [-0.05, 0) is 36.8 Å². The molecule has 1 atom stereocenters. The Balaban J connectivity index is 1.82. The fraction of sp³-hybridized carbons (Fsp3) is 0.176. The van der Waals surface area contributed by atoms with Crippen LogP contribution in [0.25, 0.3) is 6.08 Å². The lowest BCUT2D eigenvalue weighted by Crippen LogP contribution is -2.35. The molecule has 1 amide bonds. The minimum Gasteiger partial charge on any atom is -0.467 e. The predicted octanol–water partition coefficient (Wildman–Crippen LogP) is 3.19. The van der Waals surface area contributed by atoms with Crippen LogP contribution in [0.15, 0.2) is 53.2 Å². The van der Waals surface area contributed by atoms with Gasteiger partial charge in [0.15, 0.2) is 6.10 Å². The molecule has 0 aliphatic carbocycles. The first-order valence-electron chi connectivity index (χ1n) is 6.99. The van der Waals surface area contributed by atoms with Gasteiger partial charge < -0.3 is 14.5 Å². The topological polar surface area (TPSA) is 68.5 Å². The number of ether oxygens (including phenoxy) is 1. The van der Waals surface area contributed by atoms with E-state index in [0.717, 1.165) is 0 Å². The van der Waals surface area contributed by atoms with Crippen LogP contribution in [0.2, 0.25) is 5.02 Å². The number of hydrogen-bond donors (Lipinski definition) is 1. The molecule has 0 saturated carbocycles. The van der Waals surface area contributed by atoms with E-state index in [1.54, 1.807) is 30.3 Å². The zero-order valence-corrected chi connectivity index (χ0v) is 13.2. The van der Waals surface area contributed by atoms with Crippen molar-refractivity contribution in [1.82, 2.24) is 5.32 Å². The van der Waals surface area contributed by atoms with E-state index in [1.807, 2.05) is 6.07 Å². The molecule has 1 heterocycles. The van der Waals surface area contributed by atoms with Gasteiger partial charge in [0.1, 0.15) is 5.76 Å². The van der Waals surface area contributed by atoms with Crippen molar-refractivity contribution >= 4 is 29.6 Å². The van der Waals surface area contributed by atoms with Gasteiger partial charge in [-0.3, -0.25) is 4.79 Å². The molecule has 0 fully saturated rings. The second kappa shape index (κ2) is 8.19. The van der Waals surface area contributed by atoms with Crippen LogP contribution < -0.4 is 5.32 Å². The largest absolute Gasteiger partial charge is 0.467 e. The molecular formula is C17H16ClNO4. The van der Waals surface area contributed by atoms with E-state index in [0.29, 0.717) is 16.3 Å². The summed E-state index contributed by atoms with van der Waals surface area (Å²) >= 11 is 5.98. The number of esters is 1. The van der Waals surface area contributed by atoms with E-state index in [9.17, 15) is 9.59 Å². The molecule has 0 bridgehead atoms. The van der Waals surface area contributed by atoms with Gasteiger partial charge in [0.2, 0.25) is 0 Å². The van der Waals surface area contributed by atoms with Crippen molar-refractivity contribution in [3.8, 4) is 0 Å². The van der Waals surface area contributed by atoms with E-state index in [4.69, 9.17) is 20.8 Å². The Hall–Kier alpha value is -2.53. The lowest BCUT2D eigenvalue weighted by molar-refractivity contribution is -0.150. The van der Waals surface area contributed by atoms with Gasteiger partial charge in [-0.15, -0.1) is 0 Å². The smallest absolute Gasteiger partial charge is 0.331 e. The fourth-order valence-electron chi connectivity index (χ4n) is 1.77.